The minimum Gasteiger partial charge on any atom is -0.355 e. The van der Waals surface area contributed by atoms with E-state index in [9.17, 15) is 14.0 Å². The molecular formula is C22H26FN3O2. The van der Waals surface area contributed by atoms with E-state index in [1.54, 1.807) is 12.1 Å². The average Bonchev–Trinajstić information content (AvgIpc) is 2.71. The van der Waals surface area contributed by atoms with Crippen molar-refractivity contribution >= 4 is 11.8 Å². The predicted octanol–water partition coefficient (Wildman–Crippen LogP) is 2.22. The smallest absolute Gasteiger partial charge is 0.224 e. The first-order valence-corrected chi connectivity index (χ1v) is 9.65. The molecule has 28 heavy (non-hydrogen) atoms. The van der Waals surface area contributed by atoms with Crippen LogP contribution in [0.15, 0.2) is 54.6 Å². The molecule has 0 radical (unpaired) electrons. The summed E-state index contributed by atoms with van der Waals surface area (Å²) in [4.78, 5) is 28.5. The largest absolute Gasteiger partial charge is 0.355 e. The van der Waals surface area contributed by atoms with Gasteiger partial charge in [-0.2, -0.15) is 0 Å². The third-order valence-electron chi connectivity index (χ3n) is 4.91. The molecule has 1 saturated heterocycles. The van der Waals surface area contributed by atoms with Gasteiger partial charge in [-0.25, -0.2) is 4.39 Å². The van der Waals surface area contributed by atoms with Crippen molar-refractivity contribution in [2.75, 3.05) is 32.7 Å². The molecular weight excluding hydrogens is 357 g/mol. The third-order valence-corrected chi connectivity index (χ3v) is 4.91. The highest BCUT2D eigenvalue weighted by atomic mass is 19.1. The summed E-state index contributed by atoms with van der Waals surface area (Å²) in [6.45, 7) is 4.38. The van der Waals surface area contributed by atoms with Crippen LogP contribution in [0.5, 0.6) is 0 Å². The molecule has 2 aromatic carbocycles. The fourth-order valence-electron chi connectivity index (χ4n) is 3.31. The van der Waals surface area contributed by atoms with Crippen LogP contribution in [-0.2, 0) is 22.6 Å². The molecule has 6 heteroatoms. The molecule has 0 unspecified atom stereocenters. The van der Waals surface area contributed by atoms with E-state index in [-0.39, 0.29) is 24.1 Å². The highest BCUT2D eigenvalue weighted by Gasteiger charge is 2.20. The van der Waals surface area contributed by atoms with Gasteiger partial charge in [0.2, 0.25) is 11.8 Å². The van der Waals surface area contributed by atoms with Crippen LogP contribution in [0.25, 0.3) is 0 Å². The van der Waals surface area contributed by atoms with E-state index in [1.807, 2.05) is 23.1 Å². The van der Waals surface area contributed by atoms with Crippen molar-refractivity contribution < 1.29 is 14.0 Å². The molecule has 0 saturated carbocycles. The molecule has 5 nitrogen and oxygen atoms in total. The lowest BCUT2D eigenvalue weighted by Crippen LogP contribution is -2.48. The quantitative estimate of drug-likeness (QED) is 0.798. The predicted molar refractivity (Wildman–Crippen MR) is 106 cm³/mol. The van der Waals surface area contributed by atoms with E-state index >= 15 is 0 Å². The van der Waals surface area contributed by atoms with Gasteiger partial charge in [0.25, 0.3) is 0 Å². The second kappa shape index (κ2) is 9.99. The molecule has 2 amide bonds. The van der Waals surface area contributed by atoms with Crippen LogP contribution in [0.2, 0.25) is 0 Å². The Hall–Kier alpha value is -2.73. The molecule has 0 aromatic heterocycles. The van der Waals surface area contributed by atoms with Crippen LogP contribution in [0, 0.1) is 5.82 Å². The molecule has 1 heterocycles. The second-order valence-electron chi connectivity index (χ2n) is 7.05. The lowest BCUT2D eigenvalue weighted by Gasteiger charge is -2.34. The van der Waals surface area contributed by atoms with Crippen LogP contribution in [-0.4, -0.2) is 54.3 Å². The van der Waals surface area contributed by atoms with Crippen LogP contribution in [0.3, 0.4) is 0 Å². The van der Waals surface area contributed by atoms with Gasteiger partial charge < -0.3 is 10.2 Å². The summed E-state index contributed by atoms with van der Waals surface area (Å²) in [6.07, 6.45) is 0.487. The van der Waals surface area contributed by atoms with Gasteiger partial charge in [0.1, 0.15) is 5.82 Å². The zero-order valence-electron chi connectivity index (χ0n) is 15.9. The first-order chi connectivity index (χ1) is 13.6. The molecule has 0 aliphatic carbocycles. The van der Waals surface area contributed by atoms with E-state index in [4.69, 9.17) is 0 Å². The Kier molecular flexibility index (Phi) is 7.14. The maximum absolute atomic E-state index is 12.9. The highest BCUT2D eigenvalue weighted by molar-refractivity contribution is 5.80. The molecule has 0 atom stereocenters. The summed E-state index contributed by atoms with van der Waals surface area (Å²) in [6, 6.07) is 16.2. The maximum Gasteiger partial charge on any atom is 0.224 e. The summed E-state index contributed by atoms with van der Waals surface area (Å²) in [5.74, 6) is -0.410. The van der Waals surface area contributed by atoms with E-state index in [0.29, 0.717) is 13.0 Å². The van der Waals surface area contributed by atoms with Crippen molar-refractivity contribution in [3.63, 3.8) is 0 Å². The van der Waals surface area contributed by atoms with Crippen molar-refractivity contribution in [2.45, 2.75) is 19.4 Å². The third kappa shape index (κ3) is 6.16. The fraction of sp³-hybridized carbons (Fsp3) is 0.364. The molecule has 148 valence electrons. The Balaban J connectivity index is 1.33. The summed E-state index contributed by atoms with van der Waals surface area (Å²) in [5, 5.41) is 2.77. The Morgan fingerprint density at radius 2 is 1.57 bits per heavy atom. The SMILES string of the molecule is O=C(Cc1ccc(F)cc1)NCCC(=O)N1CCN(Cc2ccccc2)CC1. The maximum atomic E-state index is 12.9. The number of carbonyl (C=O) groups excluding carboxylic acids is 2. The van der Waals surface area contributed by atoms with Crippen molar-refractivity contribution in [3.05, 3.63) is 71.5 Å². The summed E-state index contributed by atoms with van der Waals surface area (Å²) < 4.78 is 12.9. The summed E-state index contributed by atoms with van der Waals surface area (Å²) >= 11 is 0. The Labute approximate surface area is 165 Å². The minimum atomic E-state index is -0.321. The number of benzene rings is 2. The lowest BCUT2D eigenvalue weighted by molar-refractivity contribution is -0.133. The van der Waals surface area contributed by atoms with Crippen LogP contribution in [0.1, 0.15) is 17.5 Å². The molecule has 0 bridgehead atoms. The first kappa shape index (κ1) is 20.0. The van der Waals surface area contributed by atoms with Crippen molar-refractivity contribution in [1.29, 1.82) is 0 Å². The van der Waals surface area contributed by atoms with Crippen LogP contribution >= 0.6 is 0 Å². The summed E-state index contributed by atoms with van der Waals surface area (Å²) in [7, 11) is 0. The molecule has 0 spiro atoms. The zero-order valence-corrected chi connectivity index (χ0v) is 15.9. The van der Waals surface area contributed by atoms with Crippen molar-refractivity contribution in [2.24, 2.45) is 0 Å². The molecule has 1 aliphatic heterocycles. The first-order valence-electron chi connectivity index (χ1n) is 9.65. The second-order valence-corrected chi connectivity index (χ2v) is 7.05. The Bertz CT molecular complexity index is 772. The Morgan fingerprint density at radius 1 is 0.893 bits per heavy atom. The monoisotopic (exact) mass is 383 g/mol. The zero-order chi connectivity index (χ0) is 19.8. The number of piperazine rings is 1. The van der Waals surface area contributed by atoms with Crippen molar-refractivity contribution in [3.8, 4) is 0 Å². The van der Waals surface area contributed by atoms with E-state index in [1.165, 1.54) is 17.7 Å². The normalized spacial score (nSPS) is 14.7. The standard InChI is InChI=1S/C22H26FN3O2/c23-20-8-6-18(7-9-20)16-21(27)24-11-10-22(28)26-14-12-25(13-15-26)17-19-4-2-1-3-5-19/h1-9H,10-17H2,(H,24,27). The van der Waals surface area contributed by atoms with Crippen molar-refractivity contribution in [1.82, 2.24) is 15.1 Å². The van der Waals surface area contributed by atoms with Gasteiger partial charge in [0, 0.05) is 45.7 Å². The topological polar surface area (TPSA) is 52.7 Å². The molecule has 1 aliphatic rings. The summed E-state index contributed by atoms with van der Waals surface area (Å²) in [5.41, 5.74) is 2.03. The number of nitrogens with one attached hydrogen (secondary N) is 1. The number of hydrogen-bond acceptors (Lipinski definition) is 3. The van der Waals surface area contributed by atoms with Gasteiger partial charge in [0.15, 0.2) is 0 Å². The number of hydrogen-bond donors (Lipinski definition) is 1. The fourth-order valence-corrected chi connectivity index (χ4v) is 3.31. The van der Waals surface area contributed by atoms with Gasteiger partial charge in [-0.3, -0.25) is 14.5 Å². The number of halogens is 1. The molecule has 2 aromatic rings. The Morgan fingerprint density at radius 3 is 2.25 bits per heavy atom. The number of carbonyl (C=O) groups is 2. The lowest BCUT2D eigenvalue weighted by atomic mass is 10.1. The number of nitrogens with zero attached hydrogens (tertiary/aromatic N) is 2. The number of amides is 2. The minimum absolute atomic E-state index is 0.0708. The van der Waals surface area contributed by atoms with Gasteiger partial charge in [-0.05, 0) is 23.3 Å². The van der Waals surface area contributed by atoms with E-state index in [0.717, 1.165) is 38.3 Å². The van der Waals surface area contributed by atoms with Gasteiger partial charge in [-0.15, -0.1) is 0 Å². The van der Waals surface area contributed by atoms with Gasteiger partial charge >= 0.3 is 0 Å². The molecule has 3 rings (SSSR count). The van der Waals surface area contributed by atoms with E-state index < -0.39 is 0 Å². The van der Waals surface area contributed by atoms with Crippen LogP contribution in [0.4, 0.5) is 4.39 Å². The molecule has 1 N–H and O–H groups in total. The molecule has 1 fully saturated rings. The number of rotatable bonds is 7. The average molecular weight is 383 g/mol. The van der Waals surface area contributed by atoms with Crippen LogP contribution < -0.4 is 5.32 Å². The van der Waals surface area contributed by atoms with Gasteiger partial charge in [-0.1, -0.05) is 42.5 Å². The highest BCUT2D eigenvalue weighted by Crippen LogP contribution is 2.09. The van der Waals surface area contributed by atoms with Gasteiger partial charge in [0.05, 0.1) is 6.42 Å². The van der Waals surface area contributed by atoms with E-state index in [2.05, 4.69) is 22.3 Å².